The molecule has 2 aromatic heterocycles. The Hall–Kier alpha value is -7.10. The second kappa shape index (κ2) is 20.1. The van der Waals surface area contributed by atoms with Gasteiger partial charge in [0.2, 0.25) is 0 Å². The van der Waals surface area contributed by atoms with Crippen molar-refractivity contribution in [3.05, 3.63) is 165 Å². The molecule has 4 fully saturated rings. The Bertz CT molecular complexity index is 2790. The Kier molecular flexibility index (Phi) is 13.8. The molecule has 10 nitrogen and oxygen atoms in total. The molecule has 6 aromatic rings. The summed E-state index contributed by atoms with van der Waals surface area (Å²) < 4.78 is 97.8. The van der Waals surface area contributed by atoms with Crippen molar-refractivity contribution in [3.8, 4) is 22.9 Å². The van der Waals surface area contributed by atoms with Crippen molar-refractivity contribution in [3.63, 3.8) is 0 Å². The molecule has 6 heterocycles. The molecule has 4 saturated heterocycles. The molecule has 0 spiro atoms. The first-order chi connectivity index (χ1) is 33.7. The number of ether oxygens (including phenoxy) is 2. The molecule has 0 unspecified atom stereocenters. The number of methoxy groups -OCH3 is 2. The van der Waals surface area contributed by atoms with Crippen LogP contribution in [-0.2, 0) is 9.59 Å². The monoisotopic (exact) mass is 962 g/mol. The van der Waals surface area contributed by atoms with Gasteiger partial charge in [0.25, 0.3) is 11.8 Å². The summed E-state index contributed by atoms with van der Waals surface area (Å²) in [6, 6.07) is 14.5. The van der Waals surface area contributed by atoms with Crippen molar-refractivity contribution in [1.82, 2.24) is 28.9 Å². The number of carbonyl (C=O) groups is 2. The predicted octanol–water partition coefficient (Wildman–Crippen LogP) is 11.8. The van der Waals surface area contributed by atoms with E-state index in [9.17, 15) is 35.9 Å². The highest BCUT2D eigenvalue weighted by Crippen LogP contribution is 2.43. The Labute approximate surface area is 401 Å². The van der Waals surface area contributed by atoms with Gasteiger partial charge in [0.15, 0.2) is 34.9 Å². The quantitative estimate of drug-likeness (QED) is 0.0857. The van der Waals surface area contributed by atoms with Crippen LogP contribution in [-0.4, -0.2) is 67.0 Å². The predicted molar refractivity (Wildman–Crippen MR) is 251 cm³/mol. The van der Waals surface area contributed by atoms with Crippen molar-refractivity contribution < 1.29 is 45.4 Å². The van der Waals surface area contributed by atoms with E-state index in [2.05, 4.69) is 9.97 Å². The zero-order valence-corrected chi connectivity index (χ0v) is 39.2. The summed E-state index contributed by atoms with van der Waals surface area (Å²) in [6.07, 6.45) is 18.2. The standard InChI is InChI=1S/2C27H26F3N3O2/c2*1-16-14-32(15-31-16)24-9-6-17(11-25(24)35-2)10-18-7-8-20-4-3-5-23(33(20)27(18)34)19-12-21(28)26(30)22(29)13-19/h2*6,9-15,20,23H,3-5,7-8H2,1-2H3/b2*18-10+/t2*20-,23-/m10/s1. The van der Waals surface area contributed by atoms with Gasteiger partial charge in [-0.15, -0.1) is 0 Å². The number of halogens is 6. The minimum Gasteiger partial charge on any atom is -0.495 e. The third-order valence-electron chi connectivity index (χ3n) is 13.9. The van der Waals surface area contributed by atoms with E-state index in [1.165, 1.54) is 0 Å². The number of imidazole rings is 2. The fraction of sp³-hybridized carbons (Fsp3) is 0.333. The molecular formula is C54H52F6N6O4. The maximum atomic E-state index is 14.0. The van der Waals surface area contributed by atoms with Crippen molar-refractivity contribution in [2.75, 3.05) is 14.2 Å². The molecule has 2 amide bonds. The van der Waals surface area contributed by atoms with E-state index >= 15 is 0 Å². The summed E-state index contributed by atoms with van der Waals surface area (Å²) in [5.74, 6) is -6.92. The molecule has 0 radical (unpaired) electrons. The molecule has 0 bridgehead atoms. The van der Waals surface area contributed by atoms with Crippen molar-refractivity contribution in [1.29, 1.82) is 0 Å². The lowest BCUT2D eigenvalue weighted by molar-refractivity contribution is -0.137. The lowest BCUT2D eigenvalue weighted by Gasteiger charge is -2.46. The first-order valence-electron chi connectivity index (χ1n) is 23.4. The van der Waals surface area contributed by atoms with Gasteiger partial charge in [-0.2, -0.15) is 0 Å². The van der Waals surface area contributed by atoms with Gasteiger partial charge >= 0.3 is 0 Å². The number of rotatable bonds is 8. The molecule has 364 valence electrons. The van der Waals surface area contributed by atoms with E-state index in [1.807, 2.05) is 83.9 Å². The van der Waals surface area contributed by atoms with Gasteiger partial charge in [0.1, 0.15) is 11.5 Å². The average Bonchev–Trinajstić information content (AvgIpc) is 4.01. The highest BCUT2D eigenvalue weighted by Gasteiger charge is 2.41. The number of carbonyl (C=O) groups excluding carboxylic acids is 2. The maximum Gasteiger partial charge on any atom is 0.250 e. The number of nitrogens with zero attached hydrogens (tertiary/aromatic N) is 6. The van der Waals surface area contributed by atoms with Crippen LogP contribution in [0.5, 0.6) is 11.5 Å². The Balaban J connectivity index is 0.000000174. The van der Waals surface area contributed by atoms with Crippen LogP contribution in [0.15, 0.2) is 96.9 Å². The first kappa shape index (κ1) is 47.9. The van der Waals surface area contributed by atoms with Crippen LogP contribution in [0.3, 0.4) is 0 Å². The van der Waals surface area contributed by atoms with Gasteiger partial charge in [-0.25, -0.2) is 36.3 Å². The Morgan fingerprint density at radius 2 is 0.929 bits per heavy atom. The van der Waals surface area contributed by atoms with Crippen LogP contribution in [0.1, 0.15) is 110 Å². The summed E-state index contributed by atoms with van der Waals surface area (Å²) in [5, 5.41) is 0. The molecule has 0 N–H and O–H groups in total. The molecule has 16 heteroatoms. The average molecular weight is 963 g/mol. The topological polar surface area (TPSA) is 94.7 Å². The number of aromatic nitrogens is 4. The SMILES string of the molecule is COc1cc(/C=C2\CC[C@@H]3CCC[C@@H](c4cc(F)c(F)c(F)c4)N3C2=O)ccc1-n1cnc(C)c1.COc1cc(/C=C2\CC[C@H]3CCC[C@H](c4cc(F)c(F)c(F)c4)N3C2=O)ccc1-n1cnc(C)c1. The molecule has 4 aliphatic heterocycles. The van der Waals surface area contributed by atoms with Crippen molar-refractivity contribution >= 4 is 24.0 Å². The minimum absolute atomic E-state index is 0.00373. The summed E-state index contributed by atoms with van der Waals surface area (Å²) in [6.45, 7) is 3.82. The van der Waals surface area contributed by atoms with Crippen LogP contribution in [0.25, 0.3) is 23.5 Å². The summed E-state index contributed by atoms with van der Waals surface area (Å²) in [7, 11) is 3.18. The first-order valence-corrected chi connectivity index (χ1v) is 23.4. The fourth-order valence-electron chi connectivity index (χ4n) is 10.5. The minimum atomic E-state index is -1.49. The third-order valence-corrected chi connectivity index (χ3v) is 13.9. The number of hydrogen-bond acceptors (Lipinski definition) is 6. The second-order valence-corrected chi connectivity index (χ2v) is 18.3. The van der Waals surface area contributed by atoms with Gasteiger partial charge < -0.3 is 28.4 Å². The maximum absolute atomic E-state index is 14.0. The fourth-order valence-corrected chi connectivity index (χ4v) is 10.5. The number of amides is 2. The zero-order valence-electron chi connectivity index (χ0n) is 39.2. The van der Waals surface area contributed by atoms with Crippen LogP contribution in [0, 0.1) is 48.8 Å². The molecule has 4 atom stereocenters. The molecule has 4 aliphatic rings. The smallest absolute Gasteiger partial charge is 0.250 e. The highest BCUT2D eigenvalue weighted by molar-refractivity contribution is 6.00. The van der Waals surface area contributed by atoms with E-state index in [4.69, 9.17) is 9.47 Å². The van der Waals surface area contributed by atoms with E-state index in [1.54, 1.807) is 36.7 Å². The number of benzene rings is 4. The van der Waals surface area contributed by atoms with Gasteiger partial charge in [0.05, 0.1) is 61.7 Å². The molecule has 0 saturated carbocycles. The van der Waals surface area contributed by atoms with Gasteiger partial charge in [-0.05, 0) is 161 Å². The highest BCUT2D eigenvalue weighted by atomic mass is 19.2. The van der Waals surface area contributed by atoms with Crippen molar-refractivity contribution in [2.24, 2.45) is 0 Å². The van der Waals surface area contributed by atoms with E-state index in [0.29, 0.717) is 59.5 Å². The molecular weight excluding hydrogens is 911 g/mol. The molecule has 0 aliphatic carbocycles. The second-order valence-electron chi connectivity index (χ2n) is 18.3. The number of fused-ring (bicyclic) bond motifs is 2. The van der Waals surface area contributed by atoms with Gasteiger partial charge in [0, 0.05) is 35.6 Å². The van der Waals surface area contributed by atoms with Crippen LogP contribution in [0.4, 0.5) is 26.3 Å². The van der Waals surface area contributed by atoms with Crippen LogP contribution in [0.2, 0.25) is 0 Å². The molecule has 10 rings (SSSR count). The molecule has 4 aromatic carbocycles. The van der Waals surface area contributed by atoms with Gasteiger partial charge in [-0.3, -0.25) is 9.59 Å². The van der Waals surface area contributed by atoms with E-state index < -0.39 is 47.0 Å². The zero-order chi connectivity index (χ0) is 49.4. The number of aryl methyl sites for hydroxylation is 2. The summed E-state index contributed by atoms with van der Waals surface area (Å²) >= 11 is 0. The van der Waals surface area contributed by atoms with E-state index in [0.717, 1.165) is 96.7 Å². The summed E-state index contributed by atoms with van der Waals surface area (Å²) in [4.78, 5) is 39.2. The number of piperidine rings is 4. The lowest BCUT2D eigenvalue weighted by atomic mass is 9.83. The lowest BCUT2D eigenvalue weighted by Crippen LogP contribution is -2.49. The van der Waals surface area contributed by atoms with Crippen LogP contribution >= 0.6 is 0 Å². The third kappa shape index (κ3) is 9.60. The Morgan fingerprint density at radius 3 is 1.27 bits per heavy atom. The van der Waals surface area contributed by atoms with E-state index in [-0.39, 0.29) is 23.9 Å². The largest absolute Gasteiger partial charge is 0.495 e. The molecule has 70 heavy (non-hydrogen) atoms. The summed E-state index contributed by atoms with van der Waals surface area (Å²) in [5.41, 5.74) is 6.92. The number of hydrogen-bond donors (Lipinski definition) is 0. The Morgan fingerprint density at radius 1 is 0.543 bits per heavy atom. The van der Waals surface area contributed by atoms with Gasteiger partial charge in [-0.1, -0.05) is 12.1 Å². The van der Waals surface area contributed by atoms with Crippen molar-refractivity contribution in [2.45, 2.75) is 102 Å². The normalized spacial score (nSPS) is 21.3. The van der Waals surface area contributed by atoms with Crippen LogP contribution < -0.4 is 9.47 Å².